The SMILES string of the molecule is COCC1CN(C(=O)c2ccc(NCC3CC3)nc2)CC(C)(C)O1. The molecule has 0 bridgehead atoms. The van der Waals surface area contributed by atoms with Gasteiger partial charge in [0.05, 0.1) is 23.9 Å². The molecule has 1 aliphatic carbocycles. The van der Waals surface area contributed by atoms with Crippen molar-refractivity contribution in [3.63, 3.8) is 0 Å². The first-order chi connectivity index (χ1) is 11.5. The van der Waals surface area contributed by atoms with Crippen molar-refractivity contribution < 1.29 is 14.3 Å². The van der Waals surface area contributed by atoms with Crippen LogP contribution in [0.25, 0.3) is 0 Å². The molecule has 1 N–H and O–H groups in total. The first kappa shape index (κ1) is 17.2. The van der Waals surface area contributed by atoms with Crippen LogP contribution in [0.15, 0.2) is 18.3 Å². The molecule has 1 aliphatic heterocycles. The molecule has 1 aromatic heterocycles. The highest BCUT2D eigenvalue weighted by Crippen LogP contribution is 2.28. The van der Waals surface area contributed by atoms with Gasteiger partial charge in [-0.2, -0.15) is 0 Å². The number of rotatable bonds is 6. The van der Waals surface area contributed by atoms with E-state index in [4.69, 9.17) is 9.47 Å². The molecule has 24 heavy (non-hydrogen) atoms. The molecule has 3 rings (SSSR count). The molecule has 1 aromatic rings. The molecule has 1 amide bonds. The predicted molar refractivity (Wildman–Crippen MR) is 92.2 cm³/mol. The van der Waals surface area contributed by atoms with Crippen LogP contribution in [0.4, 0.5) is 5.82 Å². The van der Waals surface area contributed by atoms with Gasteiger partial charge in [-0.15, -0.1) is 0 Å². The van der Waals surface area contributed by atoms with Crippen molar-refractivity contribution in [2.24, 2.45) is 5.92 Å². The maximum absolute atomic E-state index is 12.8. The van der Waals surface area contributed by atoms with E-state index in [1.807, 2.05) is 30.9 Å². The zero-order valence-electron chi connectivity index (χ0n) is 14.7. The normalized spacial score (nSPS) is 23.1. The minimum absolute atomic E-state index is 0.00581. The van der Waals surface area contributed by atoms with Crippen molar-refractivity contribution in [3.05, 3.63) is 23.9 Å². The van der Waals surface area contributed by atoms with Crippen LogP contribution >= 0.6 is 0 Å². The minimum atomic E-state index is -0.379. The van der Waals surface area contributed by atoms with E-state index in [9.17, 15) is 4.79 Å². The van der Waals surface area contributed by atoms with Crippen LogP contribution in [0.3, 0.4) is 0 Å². The minimum Gasteiger partial charge on any atom is -0.382 e. The molecule has 1 saturated heterocycles. The third kappa shape index (κ3) is 4.45. The third-order valence-electron chi connectivity index (χ3n) is 4.40. The number of carbonyl (C=O) groups is 1. The summed E-state index contributed by atoms with van der Waals surface area (Å²) >= 11 is 0. The summed E-state index contributed by atoms with van der Waals surface area (Å²) in [5.74, 6) is 1.62. The van der Waals surface area contributed by atoms with Crippen molar-refractivity contribution >= 4 is 11.7 Å². The highest BCUT2D eigenvalue weighted by Gasteiger charge is 2.36. The number of anilines is 1. The summed E-state index contributed by atoms with van der Waals surface area (Å²) in [5, 5.41) is 3.32. The Labute approximate surface area is 143 Å². The number of morpholine rings is 1. The third-order valence-corrected chi connectivity index (χ3v) is 4.40. The van der Waals surface area contributed by atoms with E-state index >= 15 is 0 Å². The lowest BCUT2D eigenvalue weighted by Gasteiger charge is -2.42. The van der Waals surface area contributed by atoms with Crippen LogP contribution in [0.5, 0.6) is 0 Å². The molecule has 2 fully saturated rings. The first-order valence-corrected chi connectivity index (χ1v) is 8.63. The van der Waals surface area contributed by atoms with Crippen LogP contribution in [0.1, 0.15) is 37.0 Å². The van der Waals surface area contributed by atoms with Crippen LogP contribution in [0, 0.1) is 5.92 Å². The fourth-order valence-corrected chi connectivity index (χ4v) is 3.10. The van der Waals surface area contributed by atoms with Gasteiger partial charge < -0.3 is 19.7 Å². The summed E-state index contributed by atoms with van der Waals surface area (Å²) in [4.78, 5) is 19.0. The number of pyridine rings is 1. The molecule has 1 saturated carbocycles. The van der Waals surface area contributed by atoms with E-state index in [1.165, 1.54) is 12.8 Å². The Morgan fingerprint density at radius 1 is 1.46 bits per heavy atom. The highest BCUT2D eigenvalue weighted by atomic mass is 16.5. The van der Waals surface area contributed by atoms with Gasteiger partial charge in [-0.25, -0.2) is 4.98 Å². The van der Waals surface area contributed by atoms with Gasteiger partial charge in [0.15, 0.2) is 0 Å². The van der Waals surface area contributed by atoms with E-state index in [2.05, 4.69) is 10.3 Å². The van der Waals surface area contributed by atoms with E-state index in [0.29, 0.717) is 25.3 Å². The Hall–Kier alpha value is -1.66. The predicted octanol–water partition coefficient (Wildman–Crippen LogP) is 2.17. The Balaban J connectivity index is 1.63. The van der Waals surface area contributed by atoms with Gasteiger partial charge in [-0.05, 0) is 44.7 Å². The molecule has 0 radical (unpaired) electrons. The van der Waals surface area contributed by atoms with Crippen molar-refractivity contribution in [3.8, 4) is 0 Å². The second kappa shape index (κ2) is 7.07. The number of aromatic nitrogens is 1. The fourth-order valence-electron chi connectivity index (χ4n) is 3.10. The quantitative estimate of drug-likeness (QED) is 0.864. The van der Waals surface area contributed by atoms with E-state index in [0.717, 1.165) is 18.3 Å². The van der Waals surface area contributed by atoms with Crippen LogP contribution < -0.4 is 5.32 Å². The van der Waals surface area contributed by atoms with Crippen LogP contribution in [-0.4, -0.2) is 60.8 Å². The van der Waals surface area contributed by atoms with Crippen LogP contribution in [0.2, 0.25) is 0 Å². The molecule has 6 heteroatoms. The lowest BCUT2D eigenvalue weighted by Crippen LogP contribution is -2.55. The number of nitrogens with zero attached hydrogens (tertiary/aromatic N) is 2. The molecule has 2 aliphatic rings. The monoisotopic (exact) mass is 333 g/mol. The second-order valence-corrected chi connectivity index (χ2v) is 7.40. The van der Waals surface area contributed by atoms with E-state index in [1.54, 1.807) is 13.3 Å². The first-order valence-electron chi connectivity index (χ1n) is 8.63. The topological polar surface area (TPSA) is 63.7 Å². The fraction of sp³-hybridized carbons (Fsp3) is 0.667. The smallest absolute Gasteiger partial charge is 0.255 e. The van der Waals surface area contributed by atoms with Crippen LogP contribution in [-0.2, 0) is 9.47 Å². The number of methoxy groups -OCH3 is 1. The van der Waals surface area contributed by atoms with E-state index < -0.39 is 0 Å². The standard InChI is InChI=1S/C18H27N3O3/c1-18(2)12-21(10-15(24-18)11-23-3)17(22)14-6-7-16(20-9-14)19-8-13-4-5-13/h6-7,9,13,15H,4-5,8,10-12H2,1-3H3,(H,19,20). The molecule has 132 valence electrons. The van der Waals surface area contributed by atoms with Gasteiger partial charge in [0.1, 0.15) is 5.82 Å². The van der Waals surface area contributed by atoms with Crippen molar-refractivity contribution in [1.29, 1.82) is 0 Å². The lowest BCUT2D eigenvalue weighted by atomic mass is 10.0. The molecule has 0 spiro atoms. The van der Waals surface area contributed by atoms with Gasteiger partial charge in [0, 0.05) is 32.9 Å². The number of amides is 1. The van der Waals surface area contributed by atoms with Gasteiger partial charge >= 0.3 is 0 Å². The lowest BCUT2D eigenvalue weighted by molar-refractivity contribution is -0.143. The second-order valence-electron chi connectivity index (χ2n) is 7.40. The van der Waals surface area contributed by atoms with Crippen molar-refractivity contribution in [2.45, 2.75) is 38.4 Å². The van der Waals surface area contributed by atoms with E-state index in [-0.39, 0.29) is 17.6 Å². The Bertz CT molecular complexity index is 569. The molecule has 1 unspecified atom stereocenters. The Morgan fingerprint density at radius 2 is 2.25 bits per heavy atom. The summed E-state index contributed by atoms with van der Waals surface area (Å²) in [7, 11) is 1.65. The zero-order chi connectivity index (χ0) is 17.2. The number of hydrogen-bond donors (Lipinski definition) is 1. The van der Waals surface area contributed by atoms with Crippen molar-refractivity contribution in [2.75, 3.05) is 38.7 Å². The average molecular weight is 333 g/mol. The number of ether oxygens (including phenoxy) is 2. The largest absolute Gasteiger partial charge is 0.382 e. The number of carbonyl (C=O) groups excluding carboxylic acids is 1. The van der Waals surface area contributed by atoms with Gasteiger partial charge in [-0.1, -0.05) is 0 Å². The van der Waals surface area contributed by atoms with Gasteiger partial charge in [-0.3, -0.25) is 4.79 Å². The Morgan fingerprint density at radius 3 is 2.88 bits per heavy atom. The molecular weight excluding hydrogens is 306 g/mol. The number of nitrogens with one attached hydrogen (secondary N) is 1. The zero-order valence-corrected chi connectivity index (χ0v) is 14.7. The maximum Gasteiger partial charge on any atom is 0.255 e. The summed E-state index contributed by atoms with van der Waals surface area (Å²) < 4.78 is 11.2. The highest BCUT2D eigenvalue weighted by molar-refractivity contribution is 5.94. The van der Waals surface area contributed by atoms with Gasteiger partial charge in [0.2, 0.25) is 0 Å². The maximum atomic E-state index is 12.8. The summed E-state index contributed by atoms with van der Waals surface area (Å²) in [5.41, 5.74) is 0.233. The average Bonchev–Trinajstić information content (AvgIpc) is 3.36. The Kier molecular flexibility index (Phi) is 5.06. The summed E-state index contributed by atoms with van der Waals surface area (Å²) in [6.07, 6.45) is 4.17. The summed E-state index contributed by atoms with van der Waals surface area (Å²) in [6.45, 7) is 6.55. The van der Waals surface area contributed by atoms with Gasteiger partial charge in [0.25, 0.3) is 5.91 Å². The molecule has 0 aromatic carbocycles. The number of hydrogen-bond acceptors (Lipinski definition) is 5. The molecular formula is C18H27N3O3. The molecule has 1 atom stereocenters. The molecule has 6 nitrogen and oxygen atoms in total. The summed E-state index contributed by atoms with van der Waals surface area (Å²) in [6, 6.07) is 3.73. The van der Waals surface area contributed by atoms with Crippen molar-refractivity contribution in [1.82, 2.24) is 9.88 Å². The molecule has 2 heterocycles.